The molecule has 0 atom stereocenters. The Morgan fingerprint density at radius 1 is 1.20 bits per heavy atom. The van der Waals surface area contributed by atoms with Gasteiger partial charge in [0.15, 0.2) is 0 Å². The highest BCUT2D eigenvalue weighted by molar-refractivity contribution is 5.76. The molecule has 20 heavy (non-hydrogen) atoms. The zero-order valence-electron chi connectivity index (χ0n) is 11.5. The first-order valence-electron chi connectivity index (χ1n) is 6.98. The number of rotatable bonds is 7. The number of nitrogens with zero attached hydrogens (tertiary/aromatic N) is 3. The Morgan fingerprint density at radius 2 is 1.95 bits per heavy atom. The smallest absolute Gasteiger partial charge is 0.222 e. The van der Waals surface area contributed by atoms with Crippen molar-refractivity contribution in [2.75, 3.05) is 43.4 Å². The van der Waals surface area contributed by atoms with Crippen LogP contribution in [0.4, 0.5) is 11.6 Å². The van der Waals surface area contributed by atoms with Crippen LogP contribution in [-0.4, -0.2) is 58.7 Å². The van der Waals surface area contributed by atoms with E-state index in [9.17, 15) is 4.79 Å². The van der Waals surface area contributed by atoms with Crippen molar-refractivity contribution in [2.24, 2.45) is 0 Å². The van der Waals surface area contributed by atoms with Crippen LogP contribution in [0.25, 0.3) is 0 Å². The number of piperidine rings is 1. The van der Waals surface area contributed by atoms with Gasteiger partial charge in [-0.15, -0.1) is 0 Å². The Labute approximate surface area is 118 Å². The van der Waals surface area contributed by atoms with E-state index in [1.54, 1.807) is 6.07 Å². The second kappa shape index (κ2) is 7.64. The van der Waals surface area contributed by atoms with E-state index < -0.39 is 0 Å². The number of aromatic nitrogens is 2. The highest BCUT2D eigenvalue weighted by atomic mass is 16.3. The number of anilines is 2. The van der Waals surface area contributed by atoms with E-state index in [2.05, 4.69) is 20.6 Å². The second-order valence-electron chi connectivity index (χ2n) is 4.70. The number of aliphatic hydroxyl groups excluding tert-OH is 1. The molecular formula is C13H21N5O2. The van der Waals surface area contributed by atoms with Crippen LogP contribution in [0, 0.1) is 0 Å². The minimum atomic E-state index is 0.0594. The third kappa shape index (κ3) is 4.34. The van der Waals surface area contributed by atoms with Crippen molar-refractivity contribution in [3.63, 3.8) is 0 Å². The summed E-state index contributed by atoms with van der Waals surface area (Å²) in [6.07, 6.45) is 4.24. The van der Waals surface area contributed by atoms with E-state index in [-0.39, 0.29) is 12.5 Å². The number of carbonyl (C=O) groups excluding carboxylic acids is 1. The molecule has 7 nitrogen and oxygen atoms in total. The average Bonchev–Trinajstić information content (AvgIpc) is 2.48. The van der Waals surface area contributed by atoms with Gasteiger partial charge < -0.3 is 20.6 Å². The monoisotopic (exact) mass is 279 g/mol. The van der Waals surface area contributed by atoms with Crippen LogP contribution >= 0.6 is 0 Å². The second-order valence-corrected chi connectivity index (χ2v) is 4.70. The highest BCUT2D eigenvalue weighted by Crippen LogP contribution is 2.11. The molecule has 3 N–H and O–H groups in total. The number of hydrogen-bond donors (Lipinski definition) is 3. The van der Waals surface area contributed by atoms with Crippen LogP contribution in [0.2, 0.25) is 0 Å². The van der Waals surface area contributed by atoms with Crippen LogP contribution in [0.15, 0.2) is 12.4 Å². The quantitative estimate of drug-likeness (QED) is 0.665. The van der Waals surface area contributed by atoms with Crippen molar-refractivity contribution in [1.29, 1.82) is 0 Å². The molecule has 2 heterocycles. The van der Waals surface area contributed by atoms with Gasteiger partial charge in [0.1, 0.15) is 18.0 Å². The summed E-state index contributed by atoms with van der Waals surface area (Å²) in [5.41, 5.74) is 0. The SMILES string of the molecule is O=C1CCCCN1CCNc1cc(NCCO)ncn1. The van der Waals surface area contributed by atoms with Gasteiger partial charge in [0.25, 0.3) is 0 Å². The average molecular weight is 279 g/mol. The van der Waals surface area contributed by atoms with Crippen LogP contribution in [0.3, 0.4) is 0 Å². The first-order valence-corrected chi connectivity index (χ1v) is 6.98. The molecule has 0 radical (unpaired) electrons. The maximum Gasteiger partial charge on any atom is 0.222 e. The standard InChI is InChI=1S/C13H21N5O2/c19-8-5-15-12-9-11(16-10-17-12)14-4-7-18-6-2-1-3-13(18)20/h9-10,19H,1-8H2,(H2,14,15,16,17). The molecule has 0 unspecified atom stereocenters. The van der Waals surface area contributed by atoms with Crippen molar-refractivity contribution in [2.45, 2.75) is 19.3 Å². The van der Waals surface area contributed by atoms with Crippen LogP contribution in [0.5, 0.6) is 0 Å². The van der Waals surface area contributed by atoms with E-state index in [0.717, 1.165) is 19.4 Å². The Morgan fingerprint density at radius 3 is 2.65 bits per heavy atom. The van der Waals surface area contributed by atoms with E-state index in [4.69, 9.17) is 5.11 Å². The molecule has 1 amide bonds. The minimum absolute atomic E-state index is 0.0594. The summed E-state index contributed by atoms with van der Waals surface area (Å²) in [6, 6.07) is 1.79. The molecule has 2 rings (SSSR count). The van der Waals surface area contributed by atoms with Crippen molar-refractivity contribution in [1.82, 2.24) is 14.9 Å². The van der Waals surface area contributed by atoms with Gasteiger partial charge in [-0.2, -0.15) is 0 Å². The van der Waals surface area contributed by atoms with Gasteiger partial charge in [0.05, 0.1) is 6.61 Å². The molecule has 1 aromatic rings. The summed E-state index contributed by atoms with van der Waals surface area (Å²) in [7, 11) is 0. The number of amides is 1. The third-order valence-corrected chi connectivity index (χ3v) is 3.19. The zero-order chi connectivity index (χ0) is 14.2. The van der Waals surface area contributed by atoms with Gasteiger partial charge in [0, 0.05) is 38.7 Å². The fraction of sp³-hybridized carbons (Fsp3) is 0.615. The Balaban J connectivity index is 1.77. The normalized spacial score (nSPS) is 15.2. The number of hydrogen-bond acceptors (Lipinski definition) is 6. The lowest BCUT2D eigenvalue weighted by atomic mass is 10.1. The van der Waals surface area contributed by atoms with Crippen LogP contribution < -0.4 is 10.6 Å². The third-order valence-electron chi connectivity index (χ3n) is 3.19. The Bertz CT molecular complexity index is 441. The Kier molecular flexibility index (Phi) is 5.55. The van der Waals surface area contributed by atoms with E-state index in [1.807, 2.05) is 4.90 Å². The first-order chi connectivity index (χ1) is 9.79. The largest absolute Gasteiger partial charge is 0.395 e. The highest BCUT2D eigenvalue weighted by Gasteiger charge is 2.16. The number of aliphatic hydroxyl groups is 1. The van der Waals surface area contributed by atoms with Crippen molar-refractivity contribution >= 4 is 17.5 Å². The van der Waals surface area contributed by atoms with Gasteiger partial charge >= 0.3 is 0 Å². The van der Waals surface area contributed by atoms with Gasteiger partial charge in [-0.3, -0.25) is 4.79 Å². The van der Waals surface area contributed by atoms with Crippen molar-refractivity contribution < 1.29 is 9.90 Å². The zero-order valence-corrected chi connectivity index (χ0v) is 11.5. The number of carbonyl (C=O) groups is 1. The maximum atomic E-state index is 11.6. The summed E-state index contributed by atoms with van der Waals surface area (Å²) in [5, 5.41) is 14.9. The lowest BCUT2D eigenvalue weighted by molar-refractivity contribution is -0.133. The predicted octanol–water partition coefficient (Wildman–Crippen LogP) is 0.305. The van der Waals surface area contributed by atoms with E-state index in [0.29, 0.717) is 37.7 Å². The maximum absolute atomic E-state index is 11.6. The van der Waals surface area contributed by atoms with Crippen LogP contribution in [-0.2, 0) is 4.79 Å². The molecule has 110 valence electrons. The summed E-state index contributed by atoms with van der Waals surface area (Å²) in [5.74, 6) is 1.63. The molecule has 1 fully saturated rings. The molecule has 1 aliphatic heterocycles. The molecule has 1 aromatic heterocycles. The summed E-state index contributed by atoms with van der Waals surface area (Å²) in [6.45, 7) is 2.74. The molecule has 0 aliphatic carbocycles. The summed E-state index contributed by atoms with van der Waals surface area (Å²) >= 11 is 0. The topological polar surface area (TPSA) is 90.4 Å². The predicted molar refractivity (Wildman–Crippen MR) is 76.5 cm³/mol. The molecule has 0 spiro atoms. The lowest BCUT2D eigenvalue weighted by Crippen LogP contribution is -2.38. The number of nitrogens with one attached hydrogen (secondary N) is 2. The minimum Gasteiger partial charge on any atom is -0.395 e. The first kappa shape index (κ1) is 14.5. The molecule has 1 saturated heterocycles. The lowest BCUT2D eigenvalue weighted by Gasteiger charge is -2.26. The Hall–Kier alpha value is -1.89. The van der Waals surface area contributed by atoms with Gasteiger partial charge in [-0.25, -0.2) is 9.97 Å². The van der Waals surface area contributed by atoms with Crippen molar-refractivity contribution in [3.05, 3.63) is 12.4 Å². The fourth-order valence-corrected chi connectivity index (χ4v) is 2.15. The molecular weight excluding hydrogens is 258 g/mol. The fourth-order valence-electron chi connectivity index (χ4n) is 2.15. The molecule has 1 aliphatic rings. The summed E-state index contributed by atoms with van der Waals surface area (Å²) in [4.78, 5) is 21.7. The molecule has 0 bridgehead atoms. The van der Waals surface area contributed by atoms with E-state index in [1.165, 1.54) is 6.33 Å². The van der Waals surface area contributed by atoms with Gasteiger partial charge in [0.2, 0.25) is 5.91 Å². The van der Waals surface area contributed by atoms with Crippen LogP contribution in [0.1, 0.15) is 19.3 Å². The molecule has 0 aromatic carbocycles. The van der Waals surface area contributed by atoms with Crippen molar-refractivity contribution in [3.8, 4) is 0 Å². The molecule has 0 saturated carbocycles. The summed E-state index contributed by atoms with van der Waals surface area (Å²) < 4.78 is 0. The van der Waals surface area contributed by atoms with Gasteiger partial charge in [-0.1, -0.05) is 0 Å². The van der Waals surface area contributed by atoms with E-state index >= 15 is 0 Å². The number of likely N-dealkylation sites (tertiary alicyclic amines) is 1. The molecule has 7 heteroatoms. The van der Waals surface area contributed by atoms with Gasteiger partial charge in [-0.05, 0) is 12.8 Å².